The Bertz CT molecular complexity index is 606. The lowest BCUT2D eigenvalue weighted by Crippen LogP contribution is -2.39. The normalized spacial score (nSPS) is 17.7. The summed E-state index contributed by atoms with van der Waals surface area (Å²) < 4.78 is 10.5. The van der Waals surface area contributed by atoms with Crippen LogP contribution in [-0.2, 0) is 4.79 Å². The third-order valence-electron chi connectivity index (χ3n) is 3.78. The first-order valence-electron chi connectivity index (χ1n) is 7.50. The minimum absolute atomic E-state index is 0.0850. The molecule has 1 aromatic rings. The summed E-state index contributed by atoms with van der Waals surface area (Å²) in [7, 11) is 1.44. The van der Waals surface area contributed by atoms with E-state index in [1.165, 1.54) is 13.2 Å². The van der Waals surface area contributed by atoms with Gasteiger partial charge in [-0.15, -0.1) is 0 Å². The van der Waals surface area contributed by atoms with Crippen LogP contribution >= 0.6 is 11.6 Å². The highest BCUT2D eigenvalue weighted by Crippen LogP contribution is 2.37. The van der Waals surface area contributed by atoms with E-state index in [-0.39, 0.29) is 23.3 Å². The van der Waals surface area contributed by atoms with E-state index < -0.39 is 5.91 Å². The third kappa shape index (κ3) is 4.28. The molecule has 0 aliphatic carbocycles. The molecule has 1 fully saturated rings. The summed E-state index contributed by atoms with van der Waals surface area (Å²) >= 11 is 6.18. The Morgan fingerprint density at radius 3 is 2.78 bits per heavy atom. The van der Waals surface area contributed by atoms with Crippen LogP contribution in [0.3, 0.4) is 0 Å². The van der Waals surface area contributed by atoms with Crippen molar-refractivity contribution in [2.45, 2.75) is 19.8 Å². The van der Waals surface area contributed by atoms with E-state index in [2.05, 4.69) is 6.92 Å². The van der Waals surface area contributed by atoms with E-state index in [0.717, 1.165) is 25.9 Å². The first-order chi connectivity index (χ1) is 10.9. The highest BCUT2D eigenvalue weighted by Gasteiger charge is 2.24. The monoisotopic (exact) mass is 340 g/mol. The zero-order valence-electron chi connectivity index (χ0n) is 13.3. The minimum atomic E-state index is -0.620. The fourth-order valence-corrected chi connectivity index (χ4v) is 2.95. The molecule has 0 aromatic heterocycles. The number of halogens is 1. The van der Waals surface area contributed by atoms with E-state index >= 15 is 0 Å². The number of methoxy groups -OCH3 is 1. The molecule has 0 spiro atoms. The van der Waals surface area contributed by atoms with Gasteiger partial charge in [-0.2, -0.15) is 0 Å². The van der Waals surface area contributed by atoms with Gasteiger partial charge >= 0.3 is 0 Å². The van der Waals surface area contributed by atoms with Crippen molar-refractivity contribution in [2.24, 2.45) is 11.7 Å². The molecule has 7 heteroatoms. The van der Waals surface area contributed by atoms with Crippen molar-refractivity contribution in [1.82, 2.24) is 4.90 Å². The molecule has 23 heavy (non-hydrogen) atoms. The number of hydrogen-bond acceptors (Lipinski definition) is 4. The molecular weight excluding hydrogens is 320 g/mol. The second-order valence-corrected chi connectivity index (χ2v) is 6.15. The molecule has 126 valence electrons. The third-order valence-corrected chi connectivity index (χ3v) is 4.06. The van der Waals surface area contributed by atoms with Gasteiger partial charge < -0.3 is 20.1 Å². The lowest BCUT2D eigenvalue weighted by molar-refractivity contribution is -0.119. The summed E-state index contributed by atoms with van der Waals surface area (Å²) in [5.74, 6) is 0.288. The van der Waals surface area contributed by atoms with Crippen LogP contribution in [0, 0.1) is 5.92 Å². The number of likely N-dealkylation sites (tertiary alicyclic amines) is 1. The van der Waals surface area contributed by atoms with Gasteiger partial charge in [-0.05, 0) is 30.9 Å². The summed E-state index contributed by atoms with van der Waals surface area (Å²) in [6, 6.07) is 3.10. The van der Waals surface area contributed by atoms with Gasteiger partial charge in [0.05, 0.1) is 12.1 Å². The number of primary amides is 1. The van der Waals surface area contributed by atoms with E-state index in [1.54, 1.807) is 6.07 Å². The van der Waals surface area contributed by atoms with Gasteiger partial charge in [0.25, 0.3) is 11.8 Å². The first kappa shape index (κ1) is 17.4. The maximum absolute atomic E-state index is 12.6. The Morgan fingerprint density at radius 1 is 1.43 bits per heavy atom. The maximum atomic E-state index is 12.6. The van der Waals surface area contributed by atoms with Crippen molar-refractivity contribution in [1.29, 1.82) is 0 Å². The van der Waals surface area contributed by atoms with Crippen LogP contribution in [0.5, 0.6) is 11.5 Å². The molecule has 1 atom stereocenters. The Kier molecular flexibility index (Phi) is 5.71. The topological polar surface area (TPSA) is 81.9 Å². The predicted octanol–water partition coefficient (Wildman–Crippen LogP) is 2.08. The number of nitrogens with zero attached hydrogens (tertiary/aromatic N) is 1. The zero-order valence-corrected chi connectivity index (χ0v) is 14.1. The number of nitrogens with two attached hydrogens (primary N) is 1. The molecular formula is C16H21ClN2O4. The van der Waals surface area contributed by atoms with Gasteiger partial charge in [0.1, 0.15) is 0 Å². The van der Waals surface area contributed by atoms with Crippen LogP contribution in [-0.4, -0.2) is 43.5 Å². The second-order valence-electron chi connectivity index (χ2n) is 5.74. The zero-order chi connectivity index (χ0) is 17.0. The van der Waals surface area contributed by atoms with Crippen molar-refractivity contribution in [2.75, 3.05) is 26.8 Å². The molecule has 0 unspecified atom stereocenters. The molecule has 1 aliphatic heterocycles. The molecule has 1 aromatic carbocycles. The molecule has 0 saturated carbocycles. The maximum Gasteiger partial charge on any atom is 0.255 e. The Balaban J connectivity index is 2.24. The van der Waals surface area contributed by atoms with Crippen molar-refractivity contribution < 1.29 is 19.1 Å². The number of carbonyl (C=O) groups excluding carboxylic acids is 2. The van der Waals surface area contributed by atoms with Gasteiger partial charge in [0.2, 0.25) is 0 Å². The summed E-state index contributed by atoms with van der Waals surface area (Å²) in [4.78, 5) is 25.3. The molecule has 1 heterocycles. The number of benzene rings is 1. The number of hydrogen-bond donors (Lipinski definition) is 1. The number of ether oxygens (including phenoxy) is 2. The minimum Gasteiger partial charge on any atom is -0.493 e. The van der Waals surface area contributed by atoms with Crippen molar-refractivity contribution >= 4 is 23.4 Å². The molecule has 2 N–H and O–H groups in total. The lowest BCUT2D eigenvalue weighted by Gasteiger charge is -2.31. The number of amides is 2. The SMILES string of the molecule is COc1cc(C(=O)N2CCC[C@H](C)C2)cc(Cl)c1OCC(N)=O. The largest absolute Gasteiger partial charge is 0.493 e. The Labute approximate surface area is 140 Å². The quantitative estimate of drug-likeness (QED) is 0.889. The molecule has 2 rings (SSSR count). The standard InChI is InChI=1S/C16H21ClN2O4/c1-10-4-3-5-19(8-10)16(21)11-6-12(17)15(13(7-11)22-2)23-9-14(18)20/h6-7,10H,3-5,8-9H2,1-2H3,(H2,18,20)/t10-/m0/s1. The highest BCUT2D eigenvalue weighted by atomic mass is 35.5. The number of piperidine rings is 1. The molecule has 0 bridgehead atoms. The molecule has 6 nitrogen and oxygen atoms in total. The van der Waals surface area contributed by atoms with Gasteiger partial charge in [-0.3, -0.25) is 9.59 Å². The summed E-state index contributed by atoms with van der Waals surface area (Å²) in [5.41, 5.74) is 5.50. The molecule has 1 saturated heterocycles. The second kappa shape index (κ2) is 7.55. The lowest BCUT2D eigenvalue weighted by atomic mass is 9.99. The molecule has 1 aliphatic rings. The van der Waals surface area contributed by atoms with Crippen LogP contribution in [0.2, 0.25) is 5.02 Å². The van der Waals surface area contributed by atoms with Crippen LogP contribution in [0.4, 0.5) is 0 Å². The van der Waals surface area contributed by atoms with Crippen LogP contribution < -0.4 is 15.2 Å². The van der Waals surface area contributed by atoms with E-state index in [0.29, 0.717) is 17.2 Å². The summed E-state index contributed by atoms with van der Waals surface area (Å²) in [6.07, 6.45) is 2.13. The Morgan fingerprint density at radius 2 is 2.17 bits per heavy atom. The average molecular weight is 341 g/mol. The fourth-order valence-electron chi connectivity index (χ4n) is 2.68. The Hall–Kier alpha value is -1.95. The van der Waals surface area contributed by atoms with Gasteiger partial charge in [-0.1, -0.05) is 18.5 Å². The average Bonchev–Trinajstić information content (AvgIpc) is 2.52. The van der Waals surface area contributed by atoms with E-state index in [4.69, 9.17) is 26.8 Å². The fraction of sp³-hybridized carbons (Fsp3) is 0.500. The highest BCUT2D eigenvalue weighted by molar-refractivity contribution is 6.32. The summed E-state index contributed by atoms with van der Waals surface area (Å²) in [5, 5.41) is 0.207. The van der Waals surface area contributed by atoms with Gasteiger partial charge in [0, 0.05) is 18.7 Å². The van der Waals surface area contributed by atoms with Crippen molar-refractivity contribution in [3.8, 4) is 11.5 Å². The van der Waals surface area contributed by atoms with E-state index in [1.807, 2.05) is 4.90 Å². The predicted molar refractivity (Wildman–Crippen MR) is 87.0 cm³/mol. The van der Waals surface area contributed by atoms with Gasteiger partial charge in [-0.25, -0.2) is 0 Å². The van der Waals surface area contributed by atoms with Crippen molar-refractivity contribution in [3.05, 3.63) is 22.7 Å². The van der Waals surface area contributed by atoms with Crippen LogP contribution in [0.15, 0.2) is 12.1 Å². The van der Waals surface area contributed by atoms with Crippen LogP contribution in [0.1, 0.15) is 30.1 Å². The number of carbonyl (C=O) groups is 2. The van der Waals surface area contributed by atoms with E-state index in [9.17, 15) is 9.59 Å². The first-order valence-corrected chi connectivity index (χ1v) is 7.88. The number of rotatable bonds is 5. The smallest absolute Gasteiger partial charge is 0.255 e. The van der Waals surface area contributed by atoms with Crippen molar-refractivity contribution in [3.63, 3.8) is 0 Å². The summed E-state index contributed by atoms with van der Waals surface area (Å²) in [6.45, 7) is 3.29. The van der Waals surface area contributed by atoms with Gasteiger partial charge in [0.15, 0.2) is 18.1 Å². The van der Waals surface area contributed by atoms with Crippen LogP contribution in [0.25, 0.3) is 0 Å². The molecule has 0 radical (unpaired) electrons. The molecule has 2 amide bonds.